The average molecular weight is 222 g/mol. The van der Waals surface area contributed by atoms with Crippen LogP contribution in [-0.2, 0) is 0 Å². The minimum atomic E-state index is 0.263. The van der Waals surface area contributed by atoms with Crippen LogP contribution >= 0.6 is 0 Å². The molecule has 1 aromatic rings. The second kappa shape index (κ2) is 5.87. The van der Waals surface area contributed by atoms with Gasteiger partial charge in [0, 0.05) is 11.6 Å². The number of methoxy groups -OCH3 is 1. The molecule has 0 amide bonds. The van der Waals surface area contributed by atoms with Gasteiger partial charge >= 0.3 is 0 Å². The predicted octanol–water partition coefficient (Wildman–Crippen LogP) is 1.92. The number of hydrogen-bond donors (Lipinski definition) is 2. The topological polar surface area (TPSA) is 47.3 Å². The minimum Gasteiger partial charge on any atom is -0.496 e. The van der Waals surface area contributed by atoms with E-state index in [0.29, 0.717) is 6.54 Å². The van der Waals surface area contributed by atoms with Gasteiger partial charge in [-0.2, -0.15) is 0 Å². The van der Waals surface area contributed by atoms with E-state index in [4.69, 9.17) is 10.5 Å². The first-order valence-corrected chi connectivity index (χ1v) is 5.66. The molecule has 0 bridgehead atoms. The molecule has 0 fully saturated rings. The van der Waals surface area contributed by atoms with Crippen LogP contribution < -0.4 is 15.8 Å². The van der Waals surface area contributed by atoms with Gasteiger partial charge in [-0.05, 0) is 39.4 Å². The zero-order valence-electron chi connectivity index (χ0n) is 10.6. The summed E-state index contributed by atoms with van der Waals surface area (Å²) in [6.45, 7) is 4.84. The van der Waals surface area contributed by atoms with E-state index in [0.717, 1.165) is 12.2 Å². The Balaban J connectivity index is 3.17. The van der Waals surface area contributed by atoms with Crippen LogP contribution in [0.25, 0.3) is 0 Å². The highest BCUT2D eigenvalue weighted by Gasteiger charge is 2.15. The van der Waals surface area contributed by atoms with Gasteiger partial charge < -0.3 is 15.8 Å². The minimum absolute atomic E-state index is 0.263. The van der Waals surface area contributed by atoms with E-state index in [2.05, 4.69) is 31.3 Å². The van der Waals surface area contributed by atoms with Crippen molar-refractivity contribution in [1.29, 1.82) is 0 Å². The molecular weight excluding hydrogens is 200 g/mol. The Morgan fingerprint density at radius 2 is 2.06 bits per heavy atom. The molecular formula is C13H22N2O. The number of benzene rings is 1. The second-order valence-electron chi connectivity index (χ2n) is 4.12. The molecule has 1 unspecified atom stereocenters. The summed E-state index contributed by atoms with van der Waals surface area (Å²) in [6.07, 6.45) is 0.912. The van der Waals surface area contributed by atoms with Gasteiger partial charge in [0.25, 0.3) is 0 Å². The molecule has 0 aromatic heterocycles. The first-order chi connectivity index (χ1) is 7.63. The van der Waals surface area contributed by atoms with Crippen molar-refractivity contribution in [2.24, 2.45) is 5.73 Å². The molecule has 0 aliphatic carbocycles. The third-order valence-corrected chi connectivity index (χ3v) is 2.83. The van der Waals surface area contributed by atoms with Crippen molar-refractivity contribution in [3.05, 3.63) is 28.8 Å². The van der Waals surface area contributed by atoms with Crippen LogP contribution in [0.5, 0.6) is 5.75 Å². The fourth-order valence-corrected chi connectivity index (χ4v) is 2.15. The van der Waals surface area contributed by atoms with Gasteiger partial charge in [-0.25, -0.2) is 0 Å². The highest BCUT2D eigenvalue weighted by molar-refractivity contribution is 5.45. The maximum absolute atomic E-state index is 5.63. The highest BCUT2D eigenvalue weighted by Crippen LogP contribution is 2.31. The summed E-state index contributed by atoms with van der Waals surface area (Å²) in [7, 11) is 3.67. The van der Waals surface area contributed by atoms with Gasteiger partial charge in [0.2, 0.25) is 0 Å². The molecule has 0 saturated carbocycles. The predicted molar refractivity (Wildman–Crippen MR) is 67.9 cm³/mol. The van der Waals surface area contributed by atoms with Gasteiger partial charge in [-0.15, -0.1) is 0 Å². The van der Waals surface area contributed by atoms with Gasteiger partial charge in [0.15, 0.2) is 0 Å². The second-order valence-corrected chi connectivity index (χ2v) is 4.12. The van der Waals surface area contributed by atoms with E-state index in [1.54, 1.807) is 7.11 Å². The fourth-order valence-electron chi connectivity index (χ4n) is 2.15. The summed E-state index contributed by atoms with van der Waals surface area (Å²) in [5.41, 5.74) is 9.26. The van der Waals surface area contributed by atoms with Crippen molar-refractivity contribution < 1.29 is 4.74 Å². The standard InChI is InChI=1S/C13H22N2O/c1-9-7-10(2)13(16-4)11(8-9)12(15-3)5-6-14/h7-8,12,15H,5-6,14H2,1-4H3. The first-order valence-electron chi connectivity index (χ1n) is 5.66. The Labute approximate surface area is 98.0 Å². The summed E-state index contributed by atoms with van der Waals surface area (Å²) in [5.74, 6) is 0.971. The lowest BCUT2D eigenvalue weighted by Crippen LogP contribution is -2.21. The molecule has 3 nitrogen and oxygen atoms in total. The fraction of sp³-hybridized carbons (Fsp3) is 0.538. The summed E-state index contributed by atoms with van der Waals surface area (Å²) >= 11 is 0. The van der Waals surface area contributed by atoms with E-state index in [1.165, 1.54) is 16.7 Å². The van der Waals surface area contributed by atoms with Gasteiger partial charge in [0.05, 0.1) is 7.11 Å². The van der Waals surface area contributed by atoms with Crippen LogP contribution in [0.3, 0.4) is 0 Å². The molecule has 1 aromatic carbocycles. The Hall–Kier alpha value is -1.06. The zero-order valence-corrected chi connectivity index (χ0v) is 10.6. The maximum atomic E-state index is 5.63. The lowest BCUT2D eigenvalue weighted by molar-refractivity contribution is 0.396. The monoisotopic (exact) mass is 222 g/mol. The molecule has 16 heavy (non-hydrogen) atoms. The Morgan fingerprint density at radius 3 is 2.56 bits per heavy atom. The van der Waals surface area contributed by atoms with Gasteiger partial charge in [0.1, 0.15) is 5.75 Å². The molecule has 1 rings (SSSR count). The van der Waals surface area contributed by atoms with E-state index < -0.39 is 0 Å². The molecule has 0 spiro atoms. The molecule has 0 saturated heterocycles. The summed E-state index contributed by atoms with van der Waals surface area (Å²) in [6, 6.07) is 4.57. The number of ether oxygens (including phenoxy) is 1. The van der Waals surface area contributed by atoms with Crippen LogP contribution in [0.2, 0.25) is 0 Å². The molecule has 1 atom stereocenters. The van der Waals surface area contributed by atoms with Crippen LogP contribution in [0.4, 0.5) is 0 Å². The van der Waals surface area contributed by atoms with E-state index in [-0.39, 0.29) is 6.04 Å². The van der Waals surface area contributed by atoms with Gasteiger partial charge in [-0.3, -0.25) is 0 Å². The summed E-state index contributed by atoms with van der Waals surface area (Å²) in [5, 5.41) is 3.29. The van der Waals surface area contributed by atoms with Crippen molar-refractivity contribution in [2.75, 3.05) is 20.7 Å². The molecule has 0 aliphatic heterocycles. The molecule has 3 N–H and O–H groups in total. The van der Waals surface area contributed by atoms with Crippen molar-refractivity contribution in [3.63, 3.8) is 0 Å². The number of aryl methyl sites for hydroxylation is 2. The first kappa shape index (κ1) is 13.0. The van der Waals surface area contributed by atoms with Crippen LogP contribution in [0, 0.1) is 13.8 Å². The number of hydrogen-bond acceptors (Lipinski definition) is 3. The van der Waals surface area contributed by atoms with E-state index in [1.807, 2.05) is 7.05 Å². The Bertz CT molecular complexity index is 350. The van der Waals surface area contributed by atoms with Crippen molar-refractivity contribution in [1.82, 2.24) is 5.32 Å². The molecule has 0 aliphatic rings. The van der Waals surface area contributed by atoms with Crippen LogP contribution in [-0.4, -0.2) is 20.7 Å². The van der Waals surface area contributed by atoms with Crippen molar-refractivity contribution in [2.45, 2.75) is 26.3 Å². The molecule has 90 valence electrons. The SMILES string of the molecule is CNC(CCN)c1cc(C)cc(C)c1OC. The highest BCUT2D eigenvalue weighted by atomic mass is 16.5. The quantitative estimate of drug-likeness (QED) is 0.800. The molecule has 3 heteroatoms. The van der Waals surface area contributed by atoms with E-state index in [9.17, 15) is 0 Å². The lowest BCUT2D eigenvalue weighted by Gasteiger charge is -2.21. The third-order valence-electron chi connectivity index (χ3n) is 2.83. The summed E-state index contributed by atoms with van der Waals surface area (Å²) < 4.78 is 5.48. The molecule has 0 radical (unpaired) electrons. The van der Waals surface area contributed by atoms with Crippen LogP contribution in [0.15, 0.2) is 12.1 Å². The Kier molecular flexibility index (Phi) is 4.77. The lowest BCUT2D eigenvalue weighted by atomic mass is 9.97. The zero-order chi connectivity index (χ0) is 12.1. The third kappa shape index (κ3) is 2.74. The number of nitrogens with one attached hydrogen (secondary N) is 1. The smallest absolute Gasteiger partial charge is 0.126 e. The number of nitrogens with two attached hydrogens (primary N) is 1. The number of rotatable bonds is 5. The van der Waals surface area contributed by atoms with E-state index >= 15 is 0 Å². The van der Waals surface area contributed by atoms with Crippen molar-refractivity contribution in [3.8, 4) is 5.75 Å². The summed E-state index contributed by atoms with van der Waals surface area (Å²) in [4.78, 5) is 0. The largest absolute Gasteiger partial charge is 0.496 e. The van der Waals surface area contributed by atoms with Gasteiger partial charge in [-0.1, -0.05) is 17.7 Å². The van der Waals surface area contributed by atoms with Crippen molar-refractivity contribution >= 4 is 0 Å². The average Bonchev–Trinajstić information content (AvgIpc) is 2.25. The maximum Gasteiger partial charge on any atom is 0.126 e. The molecule has 0 heterocycles. The normalized spacial score (nSPS) is 12.6. The Morgan fingerprint density at radius 1 is 1.38 bits per heavy atom. The van der Waals surface area contributed by atoms with Crippen LogP contribution in [0.1, 0.15) is 29.2 Å².